The van der Waals surface area contributed by atoms with Gasteiger partial charge in [0.1, 0.15) is 5.75 Å². The van der Waals surface area contributed by atoms with Crippen LogP contribution in [0.4, 0.5) is 11.4 Å². The molecule has 88 valence electrons. The van der Waals surface area contributed by atoms with Gasteiger partial charge in [-0.3, -0.25) is 4.79 Å². The zero-order chi connectivity index (χ0) is 12.1. The van der Waals surface area contributed by atoms with Gasteiger partial charge in [0.2, 0.25) is 5.91 Å². The van der Waals surface area contributed by atoms with Gasteiger partial charge in [-0.15, -0.1) is 0 Å². The Hall–Kier alpha value is -1.71. The van der Waals surface area contributed by atoms with Crippen molar-refractivity contribution in [2.24, 2.45) is 5.92 Å². The van der Waals surface area contributed by atoms with E-state index in [1.807, 2.05) is 0 Å². The molecule has 0 aliphatic rings. The molecule has 0 aliphatic carbocycles. The number of nitrogen functional groups attached to an aromatic ring is 1. The molecule has 4 N–H and O–H groups in total. The van der Waals surface area contributed by atoms with Gasteiger partial charge in [0.05, 0.1) is 11.4 Å². The van der Waals surface area contributed by atoms with Crippen molar-refractivity contribution in [3.63, 3.8) is 0 Å². The largest absolute Gasteiger partial charge is 0.508 e. The lowest BCUT2D eigenvalue weighted by Gasteiger charge is -2.09. The molecule has 0 fully saturated rings. The van der Waals surface area contributed by atoms with E-state index in [1.54, 1.807) is 6.07 Å². The van der Waals surface area contributed by atoms with Crippen LogP contribution in [0, 0.1) is 5.92 Å². The molecule has 0 unspecified atom stereocenters. The number of nitrogens with two attached hydrogens (primary N) is 1. The maximum atomic E-state index is 11.5. The number of nitrogens with one attached hydrogen (secondary N) is 1. The van der Waals surface area contributed by atoms with Crippen LogP contribution in [0.25, 0.3) is 0 Å². The van der Waals surface area contributed by atoms with Gasteiger partial charge < -0.3 is 16.2 Å². The van der Waals surface area contributed by atoms with Gasteiger partial charge in [0.25, 0.3) is 0 Å². The zero-order valence-corrected chi connectivity index (χ0v) is 9.66. The fourth-order valence-corrected chi connectivity index (χ4v) is 1.30. The van der Waals surface area contributed by atoms with Gasteiger partial charge in [-0.1, -0.05) is 13.8 Å². The van der Waals surface area contributed by atoms with Crippen molar-refractivity contribution >= 4 is 17.3 Å². The second kappa shape index (κ2) is 5.39. The highest BCUT2D eigenvalue weighted by molar-refractivity contribution is 5.93. The molecule has 1 aromatic carbocycles. The van der Waals surface area contributed by atoms with Crippen molar-refractivity contribution in [2.45, 2.75) is 26.7 Å². The van der Waals surface area contributed by atoms with E-state index in [-0.39, 0.29) is 11.7 Å². The molecule has 0 saturated heterocycles. The van der Waals surface area contributed by atoms with Crippen LogP contribution >= 0.6 is 0 Å². The SMILES string of the molecule is CC(C)CCC(=O)Nc1ccc(O)cc1N. The number of phenolic OH excluding ortho intramolecular Hbond substituents is 1. The summed E-state index contributed by atoms with van der Waals surface area (Å²) >= 11 is 0. The first kappa shape index (κ1) is 12.4. The highest BCUT2D eigenvalue weighted by atomic mass is 16.3. The minimum Gasteiger partial charge on any atom is -0.508 e. The van der Waals surface area contributed by atoms with E-state index >= 15 is 0 Å². The fourth-order valence-electron chi connectivity index (χ4n) is 1.30. The molecular weight excluding hydrogens is 204 g/mol. The summed E-state index contributed by atoms with van der Waals surface area (Å²) in [5.74, 6) is 0.548. The third kappa shape index (κ3) is 3.81. The Morgan fingerprint density at radius 3 is 2.75 bits per heavy atom. The molecule has 4 nitrogen and oxygen atoms in total. The van der Waals surface area contributed by atoms with E-state index < -0.39 is 0 Å². The van der Waals surface area contributed by atoms with Crippen molar-refractivity contribution in [1.82, 2.24) is 0 Å². The van der Waals surface area contributed by atoms with Crippen LogP contribution in [0.3, 0.4) is 0 Å². The summed E-state index contributed by atoms with van der Waals surface area (Å²) in [7, 11) is 0. The van der Waals surface area contributed by atoms with Crippen molar-refractivity contribution in [3.05, 3.63) is 18.2 Å². The van der Waals surface area contributed by atoms with Crippen LogP contribution in [-0.2, 0) is 4.79 Å². The number of rotatable bonds is 4. The molecular formula is C12H18N2O2. The molecule has 0 spiro atoms. The first-order valence-corrected chi connectivity index (χ1v) is 5.37. The van der Waals surface area contributed by atoms with Gasteiger partial charge >= 0.3 is 0 Å². The number of amides is 1. The zero-order valence-electron chi connectivity index (χ0n) is 9.66. The summed E-state index contributed by atoms with van der Waals surface area (Å²) in [6.45, 7) is 4.14. The van der Waals surface area contributed by atoms with Gasteiger partial charge in [0.15, 0.2) is 0 Å². The molecule has 0 aliphatic heterocycles. The summed E-state index contributed by atoms with van der Waals surface area (Å²) in [5, 5.41) is 11.9. The monoisotopic (exact) mass is 222 g/mol. The average Bonchev–Trinajstić information content (AvgIpc) is 2.19. The highest BCUT2D eigenvalue weighted by Crippen LogP contribution is 2.23. The number of aromatic hydroxyl groups is 1. The van der Waals surface area contributed by atoms with E-state index in [4.69, 9.17) is 10.8 Å². The smallest absolute Gasteiger partial charge is 0.224 e. The van der Waals surface area contributed by atoms with Crippen LogP contribution in [0.2, 0.25) is 0 Å². The highest BCUT2D eigenvalue weighted by Gasteiger charge is 2.06. The third-order valence-electron chi connectivity index (χ3n) is 2.26. The summed E-state index contributed by atoms with van der Waals surface area (Å²) in [4.78, 5) is 11.5. The molecule has 16 heavy (non-hydrogen) atoms. The first-order chi connectivity index (χ1) is 7.49. The van der Waals surface area contributed by atoms with Crippen LogP contribution in [0.1, 0.15) is 26.7 Å². The number of benzene rings is 1. The van der Waals surface area contributed by atoms with Crippen molar-refractivity contribution in [3.8, 4) is 5.75 Å². The quantitative estimate of drug-likeness (QED) is 0.540. The minimum atomic E-state index is -0.0499. The Balaban J connectivity index is 2.56. The molecule has 1 amide bonds. The molecule has 0 radical (unpaired) electrons. The van der Waals surface area contributed by atoms with E-state index in [1.165, 1.54) is 12.1 Å². The van der Waals surface area contributed by atoms with Crippen LogP contribution in [0.15, 0.2) is 18.2 Å². The predicted octanol–water partition coefficient (Wildman–Crippen LogP) is 2.35. The lowest BCUT2D eigenvalue weighted by molar-refractivity contribution is -0.116. The van der Waals surface area contributed by atoms with Crippen molar-refractivity contribution in [1.29, 1.82) is 0 Å². The molecule has 0 aromatic heterocycles. The number of phenols is 1. The lowest BCUT2D eigenvalue weighted by atomic mass is 10.1. The molecule has 1 aromatic rings. The number of hydrogen-bond acceptors (Lipinski definition) is 3. The van der Waals surface area contributed by atoms with Crippen LogP contribution < -0.4 is 11.1 Å². The standard InChI is InChI=1S/C12H18N2O2/c1-8(2)3-6-12(16)14-11-5-4-9(15)7-10(11)13/h4-5,7-8,15H,3,6,13H2,1-2H3,(H,14,16). The Kier molecular flexibility index (Phi) is 4.17. The maximum absolute atomic E-state index is 11.5. The summed E-state index contributed by atoms with van der Waals surface area (Å²) in [6, 6.07) is 4.50. The summed E-state index contributed by atoms with van der Waals surface area (Å²) < 4.78 is 0. The van der Waals surface area contributed by atoms with Gasteiger partial charge in [0, 0.05) is 12.5 Å². The molecule has 0 bridgehead atoms. The Morgan fingerprint density at radius 1 is 1.50 bits per heavy atom. The Morgan fingerprint density at radius 2 is 2.19 bits per heavy atom. The van der Waals surface area contributed by atoms with E-state index in [0.717, 1.165) is 6.42 Å². The number of anilines is 2. The van der Waals surface area contributed by atoms with Gasteiger partial charge in [-0.05, 0) is 24.5 Å². The summed E-state index contributed by atoms with van der Waals surface area (Å²) in [5.41, 5.74) is 6.57. The summed E-state index contributed by atoms with van der Waals surface area (Å²) in [6.07, 6.45) is 1.34. The first-order valence-electron chi connectivity index (χ1n) is 5.37. The minimum absolute atomic E-state index is 0.0499. The number of carbonyl (C=O) groups excluding carboxylic acids is 1. The number of carbonyl (C=O) groups is 1. The average molecular weight is 222 g/mol. The Bertz CT molecular complexity index is 375. The molecule has 0 saturated carbocycles. The third-order valence-corrected chi connectivity index (χ3v) is 2.26. The second-order valence-corrected chi connectivity index (χ2v) is 4.25. The Labute approximate surface area is 95.5 Å². The van der Waals surface area contributed by atoms with Crippen LogP contribution in [-0.4, -0.2) is 11.0 Å². The molecule has 0 heterocycles. The topological polar surface area (TPSA) is 75.3 Å². The van der Waals surface area contributed by atoms with E-state index in [9.17, 15) is 4.79 Å². The normalized spacial score (nSPS) is 10.4. The fraction of sp³-hybridized carbons (Fsp3) is 0.417. The van der Waals surface area contributed by atoms with Crippen molar-refractivity contribution < 1.29 is 9.90 Å². The lowest BCUT2D eigenvalue weighted by Crippen LogP contribution is -2.13. The maximum Gasteiger partial charge on any atom is 0.224 e. The van der Waals surface area contributed by atoms with Crippen molar-refractivity contribution in [2.75, 3.05) is 11.1 Å². The predicted molar refractivity (Wildman–Crippen MR) is 65.2 cm³/mol. The number of hydrogen-bond donors (Lipinski definition) is 3. The molecule has 4 heteroatoms. The van der Waals surface area contributed by atoms with E-state index in [0.29, 0.717) is 23.7 Å². The molecule has 0 atom stereocenters. The van der Waals surface area contributed by atoms with Crippen LogP contribution in [0.5, 0.6) is 5.75 Å². The van der Waals surface area contributed by atoms with Gasteiger partial charge in [-0.25, -0.2) is 0 Å². The molecule has 1 rings (SSSR count). The van der Waals surface area contributed by atoms with Gasteiger partial charge in [-0.2, -0.15) is 0 Å². The van der Waals surface area contributed by atoms with E-state index in [2.05, 4.69) is 19.2 Å². The second-order valence-electron chi connectivity index (χ2n) is 4.25.